The van der Waals surface area contributed by atoms with Gasteiger partial charge in [-0.05, 0) is 43.5 Å². The van der Waals surface area contributed by atoms with E-state index in [1.165, 1.54) is 37.8 Å². The van der Waals surface area contributed by atoms with Gasteiger partial charge in [-0.3, -0.25) is 4.90 Å². The Bertz CT molecular complexity index is 399. The quantitative estimate of drug-likeness (QED) is 0.888. The summed E-state index contributed by atoms with van der Waals surface area (Å²) in [6.45, 7) is 4.36. The smallest absolute Gasteiger partial charge is 0.335 e. The Balaban J connectivity index is 2.01. The van der Waals surface area contributed by atoms with Crippen molar-refractivity contribution in [2.24, 2.45) is 0 Å². The molecule has 1 aliphatic rings. The van der Waals surface area contributed by atoms with Crippen LogP contribution in [0.15, 0.2) is 24.3 Å². The van der Waals surface area contributed by atoms with E-state index in [2.05, 4.69) is 11.8 Å². The number of piperidine rings is 1. The van der Waals surface area contributed by atoms with E-state index in [1.54, 1.807) is 12.1 Å². The second-order valence-electron chi connectivity index (χ2n) is 5.03. The van der Waals surface area contributed by atoms with E-state index >= 15 is 0 Å². The monoisotopic (exact) mass is 247 g/mol. The third-order valence-electron chi connectivity index (χ3n) is 3.81. The lowest BCUT2D eigenvalue weighted by Crippen LogP contribution is -2.38. The van der Waals surface area contributed by atoms with Gasteiger partial charge in [-0.1, -0.05) is 25.5 Å². The predicted octanol–water partition coefficient (Wildman–Crippen LogP) is 3.15. The zero-order chi connectivity index (χ0) is 13.0. The normalized spacial score (nSPS) is 20.8. The highest BCUT2D eigenvalue weighted by molar-refractivity contribution is 5.87. The summed E-state index contributed by atoms with van der Waals surface area (Å²) in [5.74, 6) is -0.856. The summed E-state index contributed by atoms with van der Waals surface area (Å²) in [5.41, 5.74) is 1.57. The van der Waals surface area contributed by atoms with Gasteiger partial charge in [0.05, 0.1) is 5.56 Å². The largest absolute Gasteiger partial charge is 0.478 e. The number of aromatic carboxylic acids is 1. The van der Waals surface area contributed by atoms with Gasteiger partial charge in [0, 0.05) is 12.6 Å². The minimum Gasteiger partial charge on any atom is -0.478 e. The maximum absolute atomic E-state index is 10.8. The maximum atomic E-state index is 10.8. The van der Waals surface area contributed by atoms with E-state index in [0.29, 0.717) is 11.6 Å². The molecule has 0 spiro atoms. The van der Waals surface area contributed by atoms with Gasteiger partial charge in [0.15, 0.2) is 0 Å². The zero-order valence-electron chi connectivity index (χ0n) is 10.9. The Morgan fingerprint density at radius 3 is 2.67 bits per heavy atom. The Morgan fingerprint density at radius 1 is 1.33 bits per heavy atom. The highest BCUT2D eigenvalue weighted by atomic mass is 16.4. The number of benzene rings is 1. The fraction of sp³-hybridized carbons (Fsp3) is 0.533. The number of likely N-dealkylation sites (tertiary alicyclic amines) is 1. The first-order valence-corrected chi connectivity index (χ1v) is 6.77. The van der Waals surface area contributed by atoms with Gasteiger partial charge in [0.1, 0.15) is 0 Å². The number of rotatable bonds is 4. The van der Waals surface area contributed by atoms with Crippen molar-refractivity contribution in [1.82, 2.24) is 4.90 Å². The van der Waals surface area contributed by atoms with Crippen molar-refractivity contribution in [3.8, 4) is 0 Å². The van der Waals surface area contributed by atoms with Crippen molar-refractivity contribution in [3.63, 3.8) is 0 Å². The number of hydrogen-bond acceptors (Lipinski definition) is 2. The highest BCUT2D eigenvalue weighted by Gasteiger charge is 2.20. The van der Waals surface area contributed by atoms with Crippen molar-refractivity contribution < 1.29 is 9.90 Å². The molecular weight excluding hydrogens is 226 g/mol. The van der Waals surface area contributed by atoms with E-state index in [-0.39, 0.29) is 0 Å². The average molecular weight is 247 g/mol. The summed E-state index contributed by atoms with van der Waals surface area (Å²) >= 11 is 0. The van der Waals surface area contributed by atoms with Crippen LogP contribution < -0.4 is 0 Å². The molecule has 18 heavy (non-hydrogen) atoms. The number of carbonyl (C=O) groups is 1. The molecule has 0 radical (unpaired) electrons. The first-order chi connectivity index (χ1) is 8.70. The van der Waals surface area contributed by atoms with Gasteiger partial charge < -0.3 is 5.11 Å². The Labute approximate surface area is 108 Å². The Kier molecular flexibility index (Phi) is 4.37. The second kappa shape index (κ2) is 6.01. The van der Waals surface area contributed by atoms with Crippen molar-refractivity contribution in [2.45, 2.75) is 45.2 Å². The third kappa shape index (κ3) is 3.10. The number of hydrogen-bond donors (Lipinski definition) is 1. The number of carboxylic acids is 1. The Hall–Kier alpha value is -1.35. The molecule has 1 aliphatic heterocycles. The van der Waals surface area contributed by atoms with E-state index < -0.39 is 5.97 Å². The molecule has 1 aromatic carbocycles. The summed E-state index contributed by atoms with van der Waals surface area (Å²) in [6.07, 6.45) is 5.12. The Morgan fingerprint density at radius 2 is 2.06 bits per heavy atom. The molecule has 98 valence electrons. The molecular formula is C15H21NO2. The lowest BCUT2D eigenvalue weighted by Gasteiger charge is -2.35. The molecule has 0 aromatic heterocycles. The highest BCUT2D eigenvalue weighted by Crippen LogP contribution is 2.21. The molecule has 1 heterocycles. The van der Waals surface area contributed by atoms with Crippen LogP contribution in [0.4, 0.5) is 0 Å². The van der Waals surface area contributed by atoms with Crippen molar-refractivity contribution in [3.05, 3.63) is 35.4 Å². The summed E-state index contributed by atoms with van der Waals surface area (Å²) in [4.78, 5) is 13.3. The minimum atomic E-state index is -0.856. The molecule has 1 fully saturated rings. The standard InChI is InChI=1S/C15H21NO2/c1-2-14-5-3-4-10-16(14)11-12-6-8-13(9-7-12)15(17)18/h6-9,14H,2-5,10-11H2,1H3,(H,17,18). The number of carboxylic acid groups (broad SMARTS) is 1. The molecule has 3 heteroatoms. The average Bonchev–Trinajstić information content (AvgIpc) is 2.40. The molecule has 0 saturated carbocycles. The van der Waals surface area contributed by atoms with Gasteiger partial charge in [-0.2, -0.15) is 0 Å². The molecule has 1 aromatic rings. The molecule has 1 saturated heterocycles. The molecule has 1 atom stereocenters. The molecule has 0 bridgehead atoms. The minimum absolute atomic E-state index is 0.365. The van der Waals surface area contributed by atoms with Crippen molar-refractivity contribution in [2.75, 3.05) is 6.54 Å². The van der Waals surface area contributed by atoms with Crippen LogP contribution in [0.2, 0.25) is 0 Å². The van der Waals surface area contributed by atoms with Crippen molar-refractivity contribution in [1.29, 1.82) is 0 Å². The van der Waals surface area contributed by atoms with Crippen LogP contribution in [0.1, 0.15) is 48.5 Å². The summed E-state index contributed by atoms with van der Waals surface area (Å²) in [6, 6.07) is 7.96. The van der Waals surface area contributed by atoms with E-state index in [9.17, 15) is 4.79 Å². The van der Waals surface area contributed by atoms with Crippen LogP contribution in [0.3, 0.4) is 0 Å². The van der Waals surface area contributed by atoms with E-state index in [4.69, 9.17) is 5.11 Å². The van der Waals surface area contributed by atoms with Crippen LogP contribution in [0, 0.1) is 0 Å². The van der Waals surface area contributed by atoms with Crippen LogP contribution in [-0.2, 0) is 6.54 Å². The van der Waals surface area contributed by atoms with Gasteiger partial charge in [0.25, 0.3) is 0 Å². The lowest BCUT2D eigenvalue weighted by molar-refractivity contribution is 0.0697. The van der Waals surface area contributed by atoms with Gasteiger partial charge in [-0.15, -0.1) is 0 Å². The van der Waals surface area contributed by atoms with Crippen LogP contribution >= 0.6 is 0 Å². The summed E-state index contributed by atoms with van der Waals surface area (Å²) in [5, 5.41) is 8.87. The van der Waals surface area contributed by atoms with Crippen LogP contribution in [0.5, 0.6) is 0 Å². The predicted molar refractivity (Wildman–Crippen MR) is 71.7 cm³/mol. The molecule has 2 rings (SSSR count). The topological polar surface area (TPSA) is 40.5 Å². The molecule has 0 amide bonds. The van der Waals surface area contributed by atoms with Crippen LogP contribution in [0.25, 0.3) is 0 Å². The maximum Gasteiger partial charge on any atom is 0.335 e. The summed E-state index contributed by atoms with van der Waals surface area (Å²) < 4.78 is 0. The molecule has 1 N–H and O–H groups in total. The SMILES string of the molecule is CCC1CCCCN1Cc1ccc(C(=O)O)cc1. The van der Waals surface area contributed by atoms with Crippen LogP contribution in [-0.4, -0.2) is 28.6 Å². The molecule has 3 nitrogen and oxygen atoms in total. The molecule has 1 unspecified atom stereocenters. The number of nitrogens with zero attached hydrogens (tertiary/aromatic N) is 1. The van der Waals surface area contributed by atoms with Gasteiger partial charge in [-0.25, -0.2) is 4.79 Å². The first kappa shape index (κ1) is 13.1. The lowest BCUT2D eigenvalue weighted by atomic mass is 9.99. The van der Waals surface area contributed by atoms with Crippen molar-refractivity contribution >= 4 is 5.97 Å². The fourth-order valence-corrected chi connectivity index (χ4v) is 2.72. The first-order valence-electron chi connectivity index (χ1n) is 6.77. The summed E-state index contributed by atoms with van der Waals surface area (Å²) in [7, 11) is 0. The second-order valence-corrected chi connectivity index (χ2v) is 5.03. The third-order valence-corrected chi connectivity index (χ3v) is 3.81. The van der Waals surface area contributed by atoms with E-state index in [0.717, 1.165) is 6.54 Å². The van der Waals surface area contributed by atoms with Gasteiger partial charge >= 0.3 is 5.97 Å². The zero-order valence-corrected chi connectivity index (χ0v) is 10.9. The fourth-order valence-electron chi connectivity index (χ4n) is 2.72. The van der Waals surface area contributed by atoms with Gasteiger partial charge in [0.2, 0.25) is 0 Å². The molecule has 0 aliphatic carbocycles. The van der Waals surface area contributed by atoms with E-state index in [1.807, 2.05) is 12.1 Å².